The van der Waals surface area contributed by atoms with Gasteiger partial charge in [0.05, 0.1) is 0 Å². The predicted octanol–water partition coefficient (Wildman–Crippen LogP) is 5.79. The average molecular weight is 301 g/mol. The van der Waals surface area contributed by atoms with Crippen LogP contribution in [0, 0.1) is 23.7 Å². The molecule has 2 unspecified atom stereocenters. The van der Waals surface area contributed by atoms with Gasteiger partial charge in [-0.05, 0) is 56.8 Å². The summed E-state index contributed by atoms with van der Waals surface area (Å²) in [6, 6.07) is 0. The van der Waals surface area contributed by atoms with Gasteiger partial charge in [-0.15, -0.1) is 0 Å². The second-order valence-corrected chi connectivity index (χ2v) is 8.95. The zero-order valence-corrected chi connectivity index (χ0v) is 13.4. The Morgan fingerprint density at radius 1 is 1.06 bits per heavy atom. The molecule has 0 spiro atoms. The molecule has 100 valence electrons. The van der Waals surface area contributed by atoms with E-state index in [2.05, 4.69) is 36.7 Å². The van der Waals surface area contributed by atoms with E-state index in [1.807, 2.05) is 0 Å². The third kappa shape index (κ3) is 3.08. The molecule has 0 aromatic carbocycles. The lowest BCUT2D eigenvalue weighted by Gasteiger charge is -2.49. The summed E-state index contributed by atoms with van der Waals surface area (Å²) in [7, 11) is 0. The normalized spacial score (nSPS) is 38.8. The largest absolute Gasteiger partial charge is 0.0856 e. The highest BCUT2D eigenvalue weighted by Crippen LogP contribution is 2.52. The van der Waals surface area contributed by atoms with Gasteiger partial charge in [0.15, 0.2) is 0 Å². The SMILES string of the molecule is CCC[C@@H]1C2CCCC[C@@H]2CCC1C(C)(C)Br. The first-order valence-corrected chi connectivity index (χ1v) is 8.52. The van der Waals surface area contributed by atoms with Crippen molar-refractivity contribution < 1.29 is 0 Å². The van der Waals surface area contributed by atoms with Crippen molar-refractivity contribution in [3.8, 4) is 0 Å². The Labute approximate surface area is 116 Å². The van der Waals surface area contributed by atoms with Gasteiger partial charge in [0.1, 0.15) is 0 Å². The summed E-state index contributed by atoms with van der Waals surface area (Å²) in [5, 5.41) is 0. The van der Waals surface area contributed by atoms with Gasteiger partial charge in [-0.3, -0.25) is 0 Å². The van der Waals surface area contributed by atoms with Crippen LogP contribution in [0.4, 0.5) is 0 Å². The van der Waals surface area contributed by atoms with Crippen molar-refractivity contribution in [1.82, 2.24) is 0 Å². The third-order valence-corrected chi connectivity index (χ3v) is 5.97. The van der Waals surface area contributed by atoms with E-state index in [0.29, 0.717) is 4.32 Å². The molecule has 2 aliphatic rings. The first-order chi connectivity index (χ1) is 8.04. The second kappa shape index (κ2) is 5.63. The molecule has 0 aromatic heterocycles. The van der Waals surface area contributed by atoms with Crippen molar-refractivity contribution in [2.75, 3.05) is 0 Å². The first-order valence-electron chi connectivity index (χ1n) is 7.73. The summed E-state index contributed by atoms with van der Waals surface area (Å²) in [5.74, 6) is 4.03. The minimum Gasteiger partial charge on any atom is -0.0856 e. The molecule has 0 radical (unpaired) electrons. The molecule has 1 heteroatoms. The Kier molecular flexibility index (Phi) is 4.61. The van der Waals surface area contributed by atoms with Gasteiger partial charge >= 0.3 is 0 Å². The summed E-state index contributed by atoms with van der Waals surface area (Å²) in [5.41, 5.74) is 0. The smallest absolute Gasteiger partial charge is 0.0232 e. The molecule has 2 saturated carbocycles. The summed E-state index contributed by atoms with van der Waals surface area (Å²) < 4.78 is 0.343. The van der Waals surface area contributed by atoms with Crippen LogP contribution in [-0.2, 0) is 0 Å². The number of alkyl halides is 1. The van der Waals surface area contributed by atoms with Crippen molar-refractivity contribution in [3.05, 3.63) is 0 Å². The van der Waals surface area contributed by atoms with Crippen LogP contribution in [-0.4, -0.2) is 4.32 Å². The first kappa shape index (κ1) is 13.9. The molecule has 4 atom stereocenters. The molecule has 17 heavy (non-hydrogen) atoms. The lowest BCUT2D eigenvalue weighted by molar-refractivity contribution is 0.0366. The summed E-state index contributed by atoms with van der Waals surface area (Å²) in [6.45, 7) is 7.15. The number of rotatable bonds is 3. The van der Waals surface area contributed by atoms with Crippen molar-refractivity contribution in [3.63, 3.8) is 0 Å². The fourth-order valence-corrected chi connectivity index (χ4v) is 5.23. The standard InChI is InChI=1S/C16H29Br/c1-4-7-14-13-9-6-5-8-12(13)10-11-15(14)16(2,3)17/h12-15H,4-11H2,1-3H3/t12-,13?,14-,15?/m1/s1. The molecule has 2 rings (SSSR count). The molecule has 0 N–H and O–H groups in total. The van der Waals surface area contributed by atoms with Gasteiger partial charge < -0.3 is 0 Å². The molecule has 0 amide bonds. The molecule has 0 heterocycles. The van der Waals surface area contributed by atoms with Crippen LogP contribution >= 0.6 is 15.9 Å². The molecular weight excluding hydrogens is 272 g/mol. The number of hydrogen-bond acceptors (Lipinski definition) is 0. The third-order valence-electron chi connectivity index (χ3n) is 5.39. The van der Waals surface area contributed by atoms with Gasteiger partial charge in [-0.25, -0.2) is 0 Å². The van der Waals surface area contributed by atoms with Crippen molar-refractivity contribution in [2.45, 2.75) is 76.5 Å². The molecule has 0 aliphatic heterocycles. The highest BCUT2D eigenvalue weighted by molar-refractivity contribution is 9.10. The lowest BCUT2D eigenvalue weighted by atomic mass is 9.58. The van der Waals surface area contributed by atoms with Gasteiger partial charge in [-0.1, -0.05) is 55.0 Å². The topological polar surface area (TPSA) is 0 Å². The molecule has 0 saturated heterocycles. The summed E-state index contributed by atoms with van der Waals surface area (Å²) in [6.07, 6.45) is 11.8. The van der Waals surface area contributed by atoms with Crippen LogP contribution in [0.15, 0.2) is 0 Å². The van der Waals surface area contributed by atoms with E-state index in [4.69, 9.17) is 0 Å². The predicted molar refractivity (Wildman–Crippen MR) is 79.6 cm³/mol. The highest BCUT2D eigenvalue weighted by atomic mass is 79.9. The maximum atomic E-state index is 3.97. The monoisotopic (exact) mass is 300 g/mol. The van der Waals surface area contributed by atoms with E-state index < -0.39 is 0 Å². The Morgan fingerprint density at radius 3 is 2.41 bits per heavy atom. The molecule has 0 bridgehead atoms. The van der Waals surface area contributed by atoms with Gasteiger partial charge in [0.2, 0.25) is 0 Å². The van der Waals surface area contributed by atoms with Crippen LogP contribution < -0.4 is 0 Å². The summed E-state index contributed by atoms with van der Waals surface area (Å²) in [4.78, 5) is 0. The molecular formula is C16H29Br. The second-order valence-electron chi connectivity index (χ2n) is 6.91. The maximum Gasteiger partial charge on any atom is 0.0232 e. The molecule has 0 aromatic rings. The van der Waals surface area contributed by atoms with Crippen molar-refractivity contribution in [2.24, 2.45) is 23.7 Å². The van der Waals surface area contributed by atoms with Gasteiger partial charge in [-0.2, -0.15) is 0 Å². The quantitative estimate of drug-likeness (QED) is 0.578. The fourth-order valence-electron chi connectivity index (χ4n) is 4.67. The minimum absolute atomic E-state index is 0.343. The zero-order chi connectivity index (χ0) is 12.5. The van der Waals surface area contributed by atoms with Crippen LogP contribution in [0.1, 0.15) is 72.1 Å². The van der Waals surface area contributed by atoms with E-state index in [9.17, 15) is 0 Å². The zero-order valence-electron chi connectivity index (χ0n) is 11.8. The lowest BCUT2D eigenvalue weighted by Crippen LogP contribution is -2.43. The van der Waals surface area contributed by atoms with Gasteiger partial charge in [0, 0.05) is 4.32 Å². The van der Waals surface area contributed by atoms with Crippen molar-refractivity contribution >= 4 is 15.9 Å². The molecule has 2 fully saturated rings. The Balaban J connectivity index is 2.13. The molecule has 2 aliphatic carbocycles. The average Bonchev–Trinajstić information content (AvgIpc) is 2.28. The number of fused-ring (bicyclic) bond motifs is 1. The van der Waals surface area contributed by atoms with Crippen LogP contribution in [0.25, 0.3) is 0 Å². The van der Waals surface area contributed by atoms with Crippen LogP contribution in [0.2, 0.25) is 0 Å². The van der Waals surface area contributed by atoms with E-state index in [1.165, 1.54) is 51.4 Å². The van der Waals surface area contributed by atoms with Crippen molar-refractivity contribution in [1.29, 1.82) is 0 Å². The Bertz CT molecular complexity index is 240. The maximum absolute atomic E-state index is 3.97. The van der Waals surface area contributed by atoms with Crippen LogP contribution in [0.3, 0.4) is 0 Å². The Hall–Kier alpha value is 0.480. The van der Waals surface area contributed by atoms with E-state index in [0.717, 1.165) is 23.7 Å². The van der Waals surface area contributed by atoms with E-state index >= 15 is 0 Å². The van der Waals surface area contributed by atoms with Gasteiger partial charge in [0.25, 0.3) is 0 Å². The summed E-state index contributed by atoms with van der Waals surface area (Å²) >= 11 is 3.97. The van der Waals surface area contributed by atoms with E-state index in [-0.39, 0.29) is 0 Å². The molecule has 0 nitrogen and oxygen atoms in total. The highest BCUT2D eigenvalue weighted by Gasteiger charge is 2.44. The number of halogens is 1. The number of hydrogen-bond donors (Lipinski definition) is 0. The van der Waals surface area contributed by atoms with Crippen LogP contribution in [0.5, 0.6) is 0 Å². The Morgan fingerprint density at radius 2 is 1.76 bits per heavy atom. The fraction of sp³-hybridized carbons (Fsp3) is 1.00. The minimum atomic E-state index is 0.343. The van der Waals surface area contributed by atoms with E-state index in [1.54, 1.807) is 0 Å².